The molecule has 0 bridgehead atoms. The van der Waals surface area contributed by atoms with Crippen LogP contribution < -0.4 is 10.6 Å². The molecule has 98 valence electrons. The molecule has 2 N–H and O–H groups in total. The van der Waals surface area contributed by atoms with Gasteiger partial charge in [0.05, 0.1) is 12.2 Å². The van der Waals surface area contributed by atoms with Crippen molar-refractivity contribution in [1.82, 2.24) is 0 Å². The molecule has 0 fully saturated rings. The first-order valence-electron chi connectivity index (χ1n) is 5.69. The molecule has 2 aromatic carbocycles. The predicted molar refractivity (Wildman–Crippen MR) is 90.4 cm³/mol. The van der Waals surface area contributed by atoms with Gasteiger partial charge in [-0.15, -0.1) is 0 Å². The average molecular weight is 431 g/mol. The third-order valence-corrected chi connectivity index (χ3v) is 4.09. The lowest BCUT2D eigenvalue weighted by Crippen LogP contribution is -2.22. The van der Waals surface area contributed by atoms with E-state index in [4.69, 9.17) is 0 Å². The van der Waals surface area contributed by atoms with Crippen LogP contribution in [0.4, 0.5) is 11.4 Å². The maximum atomic E-state index is 11.9. The molecule has 0 aromatic heterocycles. The van der Waals surface area contributed by atoms with E-state index < -0.39 is 0 Å². The van der Waals surface area contributed by atoms with Crippen molar-refractivity contribution in [1.29, 1.82) is 0 Å². The highest BCUT2D eigenvalue weighted by Gasteiger charge is 2.05. The first-order chi connectivity index (χ1) is 9.16. The van der Waals surface area contributed by atoms with Crippen molar-refractivity contribution < 1.29 is 4.79 Å². The second-order valence-corrected chi connectivity index (χ2v) is 5.88. The zero-order valence-electron chi connectivity index (χ0n) is 9.99. The molecule has 3 nitrogen and oxygen atoms in total. The normalized spacial score (nSPS) is 10.0. The second-order valence-electron chi connectivity index (χ2n) is 3.86. The van der Waals surface area contributed by atoms with E-state index in [1.54, 1.807) is 0 Å². The lowest BCUT2D eigenvalue weighted by molar-refractivity contribution is -0.114. The Morgan fingerprint density at radius 1 is 1.05 bits per heavy atom. The number of anilines is 2. The zero-order valence-corrected chi connectivity index (χ0v) is 13.7. The first-order valence-corrected chi connectivity index (χ1v) is 7.57. The monoisotopic (exact) mass is 430 g/mol. The van der Waals surface area contributed by atoms with E-state index in [1.807, 2.05) is 48.5 Å². The van der Waals surface area contributed by atoms with Crippen LogP contribution >= 0.6 is 38.5 Å². The van der Waals surface area contributed by atoms with E-state index in [0.29, 0.717) is 0 Å². The van der Waals surface area contributed by atoms with Crippen molar-refractivity contribution in [3.05, 3.63) is 56.6 Å². The van der Waals surface area contributed by atoms with Crippen LogP contribution in [0, 0.1) is 3.57 Å². The number of nitrogens with one attached hydrogen (secondary N) is 2. The van der Waals surface area contributed by atoms with Crippen molar-refractivity contribution in [2.45, 2.75) is 0 Å². The van der Waals surface area contributed by atoms with Gasteiger partial charge in [-0.1, -0.05) is 24.3 Å². The summed E-state index contributed by atoms with van der Waals surface area (Å²) in [5.74, 6) is -0.0696. The van der Waals surface area contributed by atoms with Crippen LogP contribution in [-0.2, 0) is 4.79 Å². The van der Waals surface area contributed by atoms with E-state index in [0.717, 1.165) is 19.4 Å². The summed E-state index contributed by atoms with van der Waals surface area (Å²) in [4.78, 5) is 11.9. The van der Waals surface area contributed by atoms with E-state index in [-0.39, 0.29) is 12.5 Å². The van der Waals surface area contributed by atoms with Crippen LogP contribution in [0.3, 0.4) is 0 Å². The lowest BCUT2D eigenvalue weighted by Gasteiger charge is -2.10. The third kappa shape index (κ3) is 4.21. The molecule has 2 aromatic rings. The number of benzene rings is 2. The number of carbonyl (C=O) groups is 1. The lowest BCUT2D eigenvalue weighted by atomic mass is 10.3. The topological polar surface area (TPSA) is 41.1 Å². The van der Waals surface area contributed by atoms with Gasteiger partial charge in [0.25, 0.3) is 0 Å². The van der Waals surface area contributed by atoms with Gasteiger partial charge in [-0.25, -0.2) is 0 Å². The Morgan fingerprint density at radius 2 is 1.68 bits per heavy atom. The summed E-state index contributed by atoms with van der Waals surface area (Å²) < 4.78 is 1.96. The second kappa shape index (κ2) is 6.91. The van der Waals surface area contributed by atoms with Gasteiger partial charge in [0.1, 0.15) is 0 Å². The number of hydrogen-bond donors (Lipinski definition) is 2. The highest BCUT2D eigenvalue weighted by Crippen LogP contribution is 2.21. The molecule has 19 heavy (non-hydrogen) atoms. The Labute approximate surface area is 134 Å². The molecular formula is C14H12BrIN2O. The van der Waals surface area contributed by atoms with Gasteiger partial charge >= 0.3 is 0 Å². The van der Waals surface area contributed by atoms with Gasteiger partial charge in [0.2, 0.25) is 5.91 Å². The van der Waals surface area contributed by atoms with Gasteiger partial charge < -0.3 is 10.6 Å². The van der Waals surface area contributed by atoms with Gasteiger partial charge in [-0.05, 0) is 62.8 Å². The fourth-order valence-electron chi connectivity index (χ4n) is 1.54. The van der Waals surface area contributed by atoms with Crippen LogP contribution in [0.25, 0.3) is 0 Å². The minimum absolute atomic E-state index is 0.0696. The Bertz CT molecular complexity index is 589. The van der Waals surface area contributed by atoms with Crippen LogP contribution in [0.1, 0.15) is 0 Å². The Kier molecular flexibility index (Phi) is 5.21. The van der Waals surface area contributed by atoms with E-state index in [9.17, 15) is 4.79 Å². The molecule has 0 heterocycles. The van der Waals surface area contributed by atoms with Gasteiger partial charge in [-0.3, -0.25) is 4.79 Å². The Hall–Kier alpha value is -1.08. The van der Waals surface area contributed by atoms with Gasteiger partial charge in [-0.2, -0.15) is 0 Å². The maximum absolute atomic E-state index is 11.9. The number of para-hydroxylation sites is 2. The summed E-state index contributed by atoms with van der Waals surface area (Å²) in [6.07, 6.45) is 0. The van der Waals surface area contributed by atoms with Crippen LogP contribution in [0.15, 0.2) is 53.0 Å². The largest absolute Gasteiger partial charge is 0.375 e. The molecule has 2 rings (SSSR count). The van der Waals surface area contributed by atoms with Crippen LogP contribution in [0.5, 0.6) is 0 Å². The summed E-state index contributed by atoms with van der Waals surface area (Å²) >= 11 is 5.63. The molecule has 0 unspecified atom stereocenters. The van der Waals surface area contributed by atoms with Crippen molar-refractivity contribution in [3.8, 4) is 0 Å². The molecule has 0 spiro atoms. The van der Waals surface area contributed by atoms with Gasteiger partial charge in [0.15, 0.2) is 0 Å². The Morgan fingerprint density at radius 3 is 2.37 bits per heavy atom. The molecule has 0 aliphatic heterocycles. The molecule has 1 amide bonds. The molecule has 0 atom stereocenters. The van der Waals surface area contributed by atoms with Crippen molar-refractivity contribution in [3.63, 3.8) is 0 Å². The van der Waals surface area contributed by atoms with Crippen molar-refractivity contribution in [2.75, 3.05) is 17.2 Å². The van der Waals surface area contributed by atoms with Crippen LogP contribution in [-0.4, -0.2) is 12.5 Å². The van der Waals surface area contributed by atoms with Crippen molar-refractivity contribution in [2.24, 2.45) is 0 Å². The summed E-state index contributed by atoms with van der Waals surface area (Å²) in [7, 11) is 0. The standard InChI is InChI=1S/C14H12BrIN2O/c15-10-5-1-3-7-12(10)17-9-14(19)18-13-8-4-2-6-11(13)16/h1-8,17H,9H2,(H,18,19). The highest BCUT2D eigenvalue weighted by molar-refractivity contribution is 14.1. The molecular weight excluding hydrogens is 419 g/mol. The number of rotatable bonds is 4. The molecule has 0 saturated heterocycles. The number of amides is 1. The molecule has 5 heteroatoms. The minimum Gasteiger partial charge on any atom is -0.375 e. The minimum atomic E-state index is -0.0696. The fraction of sp³-hybridized carbons (Fsp3) is 0.0714. The van der Waals surface area contributed by atoms with Gasteiger partial charge in [0, 0.05) is 13.7 Å². The summed E-state index contributed by atoms with van der Waals surface area (Å²) in [5, 5.41) is 5.97. The number of halogens is 2. The smallest absolute Gasteiger partial charge is 0.243 e. The Balaban J connectivity index is 1.92. The maximum Gasteiger partial charge on any atom is 0.243 e. The zero-order chi connectivity index (χ0) is 13.7. The van der Waals surface area contributed by atoms with Crippen LogP contribution in [0.2, 0.25) is 0 Å². The number of hydrogen-bond acceptors (Lipinski definition) is 2. The molecule has 0 aliphatic rings. The SMILES string of the molecule is O=C(CNc1ccccc1Br)Nc1ccccc1I. The van der Waals surface area contributed by atoms with E-state index in [2.05, 4.69) is 49.2 Å². The quantitative estimate of drug-likeness (QED) is 0.717. The van der Waals surface area contributed by atoms with E-state index in [1.165, 1.54) is 0 Å². The average Bonchev–Trinajstić information content (AvgIpc) is 2.40. The predicted octanol–water partition coefficient (Wildman–Crippen LogP) is 4.10. The summed E-state index contributed by atoms with van der Waals surface area (Å²) in [5.41, 5.74) is 1.74. The number of carbonyl (C=O) groups excluding carboxylic acids is 1. The summed E-state index contributed by atoms with van der Waals surface area (Å²) in [6.45, 7) is 0.230. The first kappa shape index (κ1) is 14.3. The molecule has 0 saturated carbocycles. The fourth-order valence-corrected chi connectivity index (χ4v) is 2.48. The van der Waals surface area contributed by atoms with Crippen molar-refractivity contribution >= 4 is 55.8 Å². The third-order valence-electron chi connectivity index (χ3n) is 2.46. The summed E-state index contributed by atoms with van der Waals surface area (Å²) in [6, 6.07) is 15.4. The van der Waals surface area contributed by atoms with E-state index >= 15 is 0 Å². The molecule has 0 aliphatic carbocycles. The highest BCUT2D eigenvalue weighted by atomic mass is 127. The molecule has 0 radical (unpaired) electrons.